The monoisotopic (exact) mass is 235 g/mol. The Morgan fingerprint density at radius 1 is 1.71 bits per heavy atom. The van der Waals surface area contributed by atoms with Crippen LogP contribution in [0.5, 0.6) is 5.75 Å². The van der Waals surface area contributed by atoms with Crippen molar-refractivity contribution < 1.29 is 9.53 Å². The van der Waals surface area contributed by atoms with Gasteiger partial charge < -0.3 is 15.4 Å². The largest absolute Gasteiger partial charge is 0.479 e. The zero-order chi connectivity index (χ0) is 12.3. The molecule has 92 valence electrons. The first-order valence-corrected chi connectivity index (χ1v) is 5.78. The van der Waals surface area contributed by atoms with E-state index in [4.69, 9.17) is 10.5 Å². The van der Waals surface area contributed by atoms with Gasteiger partial charge in [0.05, 0.1) is 6.20 Å². The maximum absolute atomic E-state index is 12.0. The maximum Gasteiger partial charge on any atom is 0.263 e. The molecule has 0 radical (unpaired) electrons. The number of aromatic nitrogens is 1. The molecule has 1 aliphatic rings. The van der Waals surface area contributed by atoms with Gasteiger partial charge in [-0.1, -0.05) is 0 Å². The van der Waals surface area contributed by atoms with Gasteiger partial charge in [0.1, 0.15) is 5.75 Å². The summed E-state index contributed by atoms with van der Waals surface area (Å²) < 4.78 is 5.53. The second-order valence-corrected chi connectivity index (χ2v) is 4.28. The first-order valence-electron chi connectivity index (χ1n) is 5.78. The molecule has 5 heteroatoms. The van der Waals surface area contributed by atoms with Gasteiger partial charge in [-0.15, -0.1) is 0 Å². The standard InChI is InChI=1S/C12H17N3O2/c1-9(17-11-3-2-5-14-7-11)12(16)15-6-4-10(13)8-15/h2-3,5,7,9-10H,4,6,8,13H2,1H3/t9-,10+/m0/s1. The molecule has 1 aliphatic heterocycles. The Morgan fingerprint density at radius 3 is 3.12 bits per heavy atom. The number of pyridine rings is 1. The van der Waals surface area contributed by atoms with Crippen molar-refractivity contribution in [2.45, 2.75) is 25.5 Å². The maximum atomic E-state index is 12.0. The molecule has 0 aromatic carbocycles. The van der Waals surface area contributed by atoms with Crippen LogP contribution in [0.25, 0.3) is 0 Å². The van der Waals surface area contributed by atoms with Crippen LogP contribution in [0.3, 0.4) is 0 Å². The van der Waals surface area contributed by atoms with Gasteiger partial charge in [0, 0.05) is 25.3 Å². The van der Waals surface area contributed by atoms with E-state index in [1.807, 2.05) is 0 Å². The summed E-state index contributed by atoms with van der Waals surface area (Å²) in [6, 6.07) is 3.66. The van der Waals surface area contributed by atoms with Crippen LogP contribution in [0.2, 0.25) is 0 Å². The van der Waals surface area contributed by atoms with E-state index in [1.165, 1.54) is 0 Å². The third-order valence-corrected chi connectivity index (χ3v) is 2.83. The number of amides is 1. The van der Waals surface area contributed by atoms with Gasteiger partial charge in [-0.3, -0.25) is 9.78 Å². The molecule has 0 bridgehead atoms. The molecule has 1 amide bonds. The van der Waals surface area contributed by atoms with Crippen LogP contribution in [-0.2, 0) is 4.79 Å². The quantitative estimate of drug-likeness (QED) is 0.823. The molecule has 0 spiro atoms. The fourth-order valence-electron chi connectivity index (χ4n) is 1.92. The van der Waals surface area contributed by atoms with Crippen LogP contribution >= 0.6 is 0 Å². The highest BCUT2D eigenvalue weighted by Crippen LogP contribution is 2.13. The van der Waals surface area contributed by atoms with E-state index < -0.39 is 6.10 Å². The van der Waals surface area contributed by atoms with E-state index in [1.54, 1.807) is 36.4 Å². The number of nitrogens with two attached hydrogens (primary N) is 1. The van der Waals surface area contributed by atoms with Crippen molar-refractivity contribution in [1.29, 1.82) is 0 Å². The fourth-order valence-corrected chi connectivity index (χ4v) is 1.92. The van der Waals surface area contributed by atoms with Crippen molar-refractivity contribution in [3.63, 3.8) is 0 Å². The Bertz CT molecular complexity index is 383. The van der Waals surface area contributed by atoms with E-state index in [2.05, 4.69) is 4.98 Å². The van der Waals surface area contributed by atoms with E-state index >= 15 is 0 Å². The predicted octanol–water partition coefficient (Wildman–Crippen LogP) is 0.408. The van der Waals surface area contributed by atoms with Crippen LogP contribution in [-0.4, -0.2) is 41.0 Å². The van der Waals surface area contributed by atoms with Crippen molar-refractivity contribution in [3.8, 4) is 5.75 Å². The number of carbonyl (C=O) groups is 1. The minimum absolute atomic E-state index is 0.0122. The molecule has 2 heterocycles. The van der Waals surface area contributed by atoms with E-state index in [-0.39, 0.29) is 11.9 Å². The molecule has 2 N–H and O–H groups in total. The first kappa shape index (κ1) is 11.9. The summed E-state index contributed by atoms with van der Waals surface area (Å²) in [5.41, 5.74) is 5.77. The molecular formula is C12H17N3O2. The van der Waals surface area contributed by atoms with Gasteiger partial charge >= 0.3 is 0 Å². The van der Waals surface area contributed by atoms with Crippen LogP contribution in [0.4, 0.5) is 0 Å². The average molecular weight is 235 g/mol. The lowest BCUT2D eigenvalue weighted by Gasteiger charge is -2.21. The summed E-state index contributed by atoms with van der Waals surface area (Å²) >= 11 is 0. The van der Waals surface area contributed by atoms with Gasteiger partial charge in [0.15, 0.2) is 6.10 Å². The van der Waals surface area contributed by atoms with Crippen LogP contribution in [0.1, 0.15) is 13.3 Å². The van der Waals surface area contributed by atoms with Crippen molar-refractivity contribution in [3.05, 3.63) is 24.5 Å². The van der Waals surface area contributed by atoms with E-state index in [0.29, 0.717) is 12.3 Å². The molecule has 1 fully saturated rings. The van der Waals surface area contributed by atoms with Gasteiger partial charge in [0.25, 0.3) is 5.91 Å². The van der Waals surface area contributed by atoms with Crippen molar-refractivity contribution in [2.24, 2.45) is 5.73 Å². The number of carbonyl (C=O) groups excluding carboxylic acids is 1. The fraction of sp³-hybridized carbons (Fsp3) is 0.500. The zero-order valence-electron chi connectivity index (χ0n) is 9.87. The highest BCUT2D eigenvalue weighted by molar-refractivity contribution is 5.81. The summed E-state index contributed by atoms with van der Waals surface area (Å²) in [6.45, 7) is 3.10. The predicted molar refractivity (Wildman–Crippen MR) is 63.5 cm³/mol. The molecule has 0 saturated carbocycles. The second kappa shape index (κ2) is 5.14. The zero-order valence-corrected chi connectivity index (χ0v) is 9.87. The normalized spacial score (nSPS) is 21.3. The lowest BCUT2D eigenvalue weighted by Crippen LogP contribution is -2.40. The highest BCUT2D eigenvalue weighted by atomic mass is 16.5. The lowest BCUT2D eigenvalue weighted by molar-refractivity contribution is -0.136. The van der Waals surface area contributed by atoms with Crippen molar-refractivity contribution in [1.82, 2.24) is 9.88 Å². The molecular weight excluding hydrogens is 218 g/mol. The summed E-state index contributed by atoms with van der Waals surface area (Å²) in [5, 5.41) is 0. The second-order valence-electron chi connectivity index (χ2n) is 4.28. The Balaban J connectivity index is 1.92. The highest BCUT2D eigenvalue weighted by Gasteiger charge is 2.28. The van der Waals surface area contributed by atoms with E-state index in [0.717, 1.165) is 13.0 Å². The van der Waals surface area contributed by atoms with Crippen molar-refractivity contribution in [2.75, 3.05) is 13.1 Å². The first-order chi connectivity index (χ1) is 8.16. The topological polar surface area (TPSA) is 68.5 Å². The van der Waals surface area contributed by atoms with E-state index in [9.17, 15) is 4.79 Å². The molecule has 2 atom stereocenters. The summed E-state index contributed by atoms with van der Waals surface area (Å²) in [4.78, 5) is 17.7. The lowest BCUT2D eigenvalue weighted by atomic mass is 10.3. The van der Waals surface area contributed by atoms with Gasteiger partial charge in [0.2, 0.25) is 0 Å². The third-order valence-electron chi connectivity index (χ3n) is 2.83. The minimum atomic E-state index is -0.496. The summed E-state index contributed by atoms with van der Waals surface area (Å²) in [7, 11) is 0. The van der Waals surface area contributed by atoms with Crippen LogP contribution in [0.15, 0.2) is 24.5 Å². The number of likely N-dealkylation sites (tertiary alicyclic amines) is 1. The third kappa shape index (κ3) is 2.94. The van der Waals surface area contributed by atoms with Gasteiger partial charge in [-0.2, -0.15) is 0 Å². The van der Waals surface area contributed by atoms with Gasteiger partial charge in [-0.05, 0) is 25.5 Å². The summed E-state index contributed by atoms with van der Waals surface area (Å²) in [5.74, 6) is 0.596. The Hall–Kier alpha value is -1.62. The number of hydrogen-bond acceptors (Lipinski definition) is 4. The van der Waals surface area contributed by atoms with Crippen LogP contribution < -0.4 is 10.5 Å². The number of nitrogens with zero attached hydrogens (tertiary/aromatic N) is 2. The number of rotatable bonds is 3. The molecule has 1 saturated heterocycles. The molecule has 0 aliphatic carbocycles. The Kier molecular flexibility index (Phi) is 3.58. The molecule has 17 heavy (non-hydrogen) atoms. The molecule has 1 aromatic heterocycles. The van der Waals surface area contributed by atoms with Crippen molar-refractivity contribution >= 4 is 5.91 Å². The van der Waals surface area contributed by atoms with Crippen LogP contribution in [0, 0.1) is 0 Å². The SMILES string of the molecule is C[C@H](Oc1cccnc1)C(=O)N1CC[C@@H](N)C1. The summed E-state index contributed by atoms with van der Waals surface area (Å²) in [6.07, 6.45) is 3.63. The average Bonchev–Trinajstić information content (AvgIpc) is 2.76. The molecule has 1 aromatic rings. The molecule has 5 nitrogen and oxygen atoms in total. The minimum Gasteiger partial charge on any atom is -0.479 e. The Morgan fingerprint density at radius 2 is 2.53 bits per heavy atom. The number of hydrogen-bond donors (Lipinski definition) is 1. The number of ether oxygens (including phenoxy) is 1. The Labute approximate surface area is 101 Å². The molecule has 0 unspecified atom stereocenters. The molecule has 2 rings (SSSR count). The van der Waals surface area contributed by atoms with Gasteiger partial charge in [-0.25, -0.2) is 0 Å². The smallest absolute Gasteiger partial charge is 0.263 e.